The molecule has 2 aromatic carbocycles. The van der Waals surface area contributed by atoms with Crippen LogP contribution in [0.15, 0.2) is 42.6 Å². The van der Waals surface area contributed by atoms with E-state index >= 15 is 4.39 Å². The number of piperidine rings is 1. The monoisotopic (exact) mass is 374 g/mol. The van der Waals surface area contributed by atoms with Gasteiger partial charge in [-0.05, 0) is 79.9 Å². The maximum absolute atomic E-state index is 15.0. The molecular weight excluding hydrogens is 351 g/mol. The van der Waals surface area contributed by atoms with Gasteiger partial charge in [-0.2, -0.15) is 5.10 Å². The van der Waals surface area contributed by atoms with Crippen molar-refractivity contribution >= 4 is 21.8 Å². The molecule has 0 radical (unpaired) electrons. The number of hydrogen-bond donors (Lipinski definition) is 1. The van der Waals surface area contributed by atoms with Crippen LogP contribution in [0.2, 0.25) is 0 Å². The van der Waals surface area contributed by atoms with Crippen molar-refractivity contribution in [2.45, 2.75) is 25.7 Å². The molecule has 0 atom stereocenters. The van der Waals surface area contributed by atoms with Crippen molar-refractivity contribution in [2.24, 2.45) is 7.05 Å². The lowest BCUT2D eigenvalue weighted by Crippen LogP contribution is -2.27. The molecule has 3 heterocycles. The first-order chi connectivity index (χ1) is 13.6. The van der Waals surface area contributed by atoms with Crippen LogP contribution in [0.1, 0.15) is 30.0 Å². The van der Waals surface area contributed by atoms with Crippen LogP contribution in [0.5, 0.6) is 0 Å². The smallest absolute Gasteiger partial charge is 0.150 e. The van der Waals surface area contributed by atoms with Gasteiger partial charge >= 0.3 is 0 Å². The minimum absolute atomic E-state index is 0.257. The fourth-order valence-electron chi connectivity index (χ4n) is 4.31. The van der Waals surface area contributed by atoms with E-state index in [1.54, 1.807) is 6.07 Å². The third-order valence-corrected chi connectivity index (χ3v) is 5.77. The Morgan fingerprint density at radius 3 is 2.57 bits per heavy atom. The second kappa shape index (κ2) is 6.67. The zero-order chi connectivity index (χ0) is 19.3. The molecule has 5 rings (SSSR count). The summed E-state index contributed by atoms with van der Waals surface area (Å²) < 4.78 is 16.8. The van der Waals surface area contributed by atoms with Gasteiger partial charge in [-0.3, -0.25) is 4.68 Å². The van der Waals surface area contributed by atoms with Gasteiger partial charge in [0.15, 0.2) is 0 Å². The van der Waals surface area contributed by atoms with Gasteiger partial charge in [-0.25, -0.2) is 9.37 Å². The summed E-state index contributed by atoms with van der Waals surface area (Å²) in [6.45, 7) is 4.05. The van der Waals surface area contributed by atoms with Gasteiger partial charge in [-0.15, -0.1) is 0 Å². The molecule has 142 valence electrons. The molecular formula is C23H23FN4. The standard InChI is InChI=1S/C23H23FN4/c1-14-9-17(11-19-13-28(2)27-22(14)19)18-10-16-3-4-21(15-5-7-25-8-6-15)26-23(16)20(24)12-18/h3-4,9-13,15,25H,5-8H2,1-2H3. The molecule has 28 heavy (non-hydrogen) atoms. The topological polar surface area (TPSA) is 42.7 Å². The van der Waals surface area contributed by atoms with Crippen LogP contribution in [0.25, 0.3) is 32.9 Å². The predicted octanol–water partition coefficient (Wildman–Crippen LogP) is 4.70. The van der Waals surface area contributed by atoms with E-state index in [1.165, 1.54) is 0 Å². The fourth-order valence-corrected chi connectivity index (χ4v) is 4.31. The zero-order valence-corrected chi connectivity index (χ0v) is 16.2. The van der Waals surface area contributed by atoms with Gasteiger partial charge < -0.3 is 5.32 Å². The first kappa shape index (κ1) is 17.3. The number of benzene rings is 2. The molecule has 0 spiro atoms. The summed E-state index contributed by atoms with van der Waals surface area (Å²) in [5, 5.41) is 9.78. The molecule has 0 bridgehead atoms. The second-order valence-corrected chi connectivity index (χ2v) is 7.82. The minimum atomic E-state index is -0.257. The number of aryl methyl sites for hydroxylation is 2. The molecule has 4 aromatic rings. The second-order valence-electron chi connectivity index (χ2n) is 7.82. The Kier molecular flexibility index (Phi) is 4.13. The minimum Gasteiger partial charge on any atom is -0.317 e. The van der Waals surface area contributed by atoms with Crippen molar-refractivity contribution < 1.29 is 4.39 Å². The summed E-state index contributed by atoms with van der Waals surface area (Å²) in [6.07, 6.45) is 4.11. The van der Waals surface area contributed by atoms with Gasteiger partial charge in [0.05, 0.1) is 5.52 Å². The van der Waals surface area contributed by atoms with Crippen LogP contribution >= 0.6 is 0 Å². The molecule has 0 saturated carbocycles. The van der Waals surface area contributed by atoms with Gasteiger partial charge in [0.1, 0.15) is 11.3 Å². The average molecular weight is 374 g/mol. The number of fused-ring (bicyclic) bond motifs is 2. The van der Waals surface area contributed by atoms with E-state index in [4.69, 9.17) is 0 Å². The summed E-state index contributed by atoms with van der Waals surface area (Å²) in [5.74, 6) is 0.160. The molecule has 2 aromatic heterocycles. The molecule has 0 unspecified atom stereocenters. The molecule has 1 N–H and O–H groups in total. The Bertz CT molecular complexity index is 1190. The van der Waals surface area contributed by atoms with Crippen LogP contribution in [0, 0.1) is 12.7 Å². The predicted molar refractivity (Wildman–Crippen MR) is 111 cm³/mol. The van der Waals surface area contributed by atoms with Crippen molar-refractivity contribution in [2.75, 3.05) is 13.1 Å². The molecule has 1 aliphatic rings. The highest BCUT2D eigenvalue weighted by Crippen LogP contribution is 2.32. The van der Waals surface area contributed by atoms with Crippen molar-refractivity contribution in [3.05, 3.63) is 59.7 Å². The lowest BCUT2D eigenvalue weighted by Gasteiger charge is -2.22. The summed E-state index contributed by atoms with van der Waals surface area (Å²) >= 11 is 0. The first-order valence-corrected chi connectivity index (χ1v) is 9.84. The average Bonchev–Trinajstić information content (AvgIpc) is 3.09. The number of rotatable bonds is 2. The van der Waals surface area contributed by atoms with E-state index in [0.29, 0.717) is 11.4 Å². The Morgan fingerprint density at radius 2 is 1.75 bits per heavy atom. The largest absolute Gasteiger partial charge is 0.317 e. The zero-order valence-electron chi connectivity index (χ0n) is 16.2. The quantitative estimate of drug-likeness (QED) is 0.553. The SMILES string of the molecule is Cc1cc(-c2cc(F)c3nc(C4CCNCC4)ccc3c2)cc2cn(C)nc12. The highest BCUT2D eigenvalue weighted by molar-refractivity contribution is 5.90. The van der Waals surface area contributed by atoms with Crippen molar-refractivity contribution in [3.8, 4) is 11.1 Å². The van der Waals surface area contributed by atoms with Crippen LogP contribution in [0.4, 0.5) is 4.39 Å². The van der Waals surface area contributed by atoms with E-state index in [2.05, 4.69) is 33.6 Å². The van der Waals surface area contributed by atoms with Crippen LogP contribution < -0.4 is 5.32 Å². The molecule has 0 amide bonds. The van der Waals surface area contributed by atoms with Crippen molar-refractivity contribution in [1.29, 1.82) is 0 Å². The highest BCUT2D eigenvalue weighted by atomic mass is 19.1. The summed E-state index contributed by atoms with van der Waals surface area (Å²) in [6, 6.07) is 11.9. The molecule has 0 aliphatic carbocycles. The van der Waals surface area contributed by atoms with E-state index in [9.17, 15) is 0 Å². The number of halogens is 1. The number of nitrogens with zero attached hydrogens (tertiary/aromatic N) is 3. The number of aromatic nitrogens is 3. The van der Waals surface area contributed by atoms with E-state index in [-0.39, 0.29) is 5.82 Å². The molecule has 1 aliphatic heterocycles. The molecule has 5 heteroatoms. The Balaban J connectivity index is 1.59. The first-order valence-electron chi connectivity index (χ1n) is 9.84. The number of hydrogen-bond acceptors (Lipinski definition) is 3. The van der Waals surface area contributed by atoms with Gasteiger partial charge in [-0.1, -0.05) is 6.07 Å². The Morgan fingerprint density at radius 1 is 1.00 bits per heavy atom. The third-order valence-electron chi connectivity index (χ3n) is 5.77. The highest BCUT2D eigenvalue weighted by Gasteiger charge is 2.18. The third kappa shape index (κ3) is 2.96. The number of nitrogens with one attached hydrogen (secondary N) is 1. The summed E-state index contributed by atoms with van der Waals surface area (Å²) in [4.78, 5) is 4.69. The molecule has 4 nitrogen and oxygen atoms in total. The summed E-state index contributed by atoms with van der Waals surface area (Å²) in [7, 11) is 1.92. The van der Waals surface area contributed by atoms with Crippen LogP contribution in [0.3, 0.4) is 0 Å². The molecule has 1 fully saturated rings. The normalized spacial score (nSPS) is 15.5. The van der Waals surface area contributed by atoms with E-state index in [1.807, 2.05) is 37.0 Å². The maximum Gasteiger partial charge on any atom is 0.150 e. The lowest BCUT2D eigenvalue weighted by molar-refractivity contribution is 0.454. The Labute approximate surface area is 163 Å². The summed E-state index contributed by atoms with van der Waals surface area (Å²) in [5.41, 5.74) is 5.43. The van der Waals surface area contributed by atoms with Crippen LogP contribution in [-0.2, 0) is 7.05 Å². The van der Waals surface area contributed by atoms with Crippen LogP contribution in [-0.4, -0.2) is 27.9 Å². The Hall–Kier alpha value is -2.79. The van der Waals surface area contributed by atoms with E-state index < -0.39 is 0 Å². The van der Waals surface area contributed by atoms with Crippen molar-refractivity contribution in [1.82, 2.24) is 20.1 Å². The number of pyridine rings is 1. The lowest BCUT2D eigenvalue weighted by atomic mass is 9.93. The maximum atomic E-state index is 15.0. The van der Waals surface area contributed by atoms with Gasteiger partial charge in [0.2, 0.25) is 0 Å². The van der Waals surface area contributed by atoms with Gasteiger partial charge in [0, 0.05) is 35.6 Å². The van der Waals surface area contributed by atoms with Crippen molar-refractivity contribution in [3.63, 3.8) is 0 Å². The van der Waals surface area contributed by atoms with Gasteiger partial charge in [0.25, 0.3) is 0 Å². The van der Waals surface area contributed by atoms with E-state index in [0.717, 1.165) is 64.6 Å². The fraction of sp³-hybridized carbons (Fsp3) is 0.304. The molecule has 1 saturated heterocycles.